The van der Waals surface area contributed by atoms with Crippen LogP contribution < -0.4 is 15.5 Å². The minimum Gasteiger partial charge on any atom is -0.444 e. The molecule has 0 aromatic heterocycles. The van der Waals surface area contributed by atoms with E-state index in [9.17, 15) is 18.4 Å². The van der Waals surface area contributed by atoms with Crippen LogP contribution in [0.4, 0.5) is 35.0 Å². The number of Topliss-reactive ketones (excluding diaryl/α,β-unsaturated/α-hetero) is 1. The Hall–Kier alpha value is -3.31. The van der Waals surface area contributed by atoms with Gasteiger partial charge in [0.15, 0.2) is 5.78 Å². The van der Waals surface area contributed by atoms with Gasteiger partial charge >= 0.3 is 6.09 Å². The Bertz CT molecular complexity index is 1070. The van der Waals surface area contributed by atoms with E-state index < -0.39 is 30.2 Å². The van der Waals surface area contributed by atoms with Crippen molar-refractivity contribution in [3.05, 3.63) is 53.8 Å². The molecule has 8 nitrogen and oxygen atoms in total. The van der Waals surface area contributed by atoms with Crippen LogP contribution >= 0.6 is 0 Å². The van der Waals surface area contributed by atoms with Crippen molar-refractivity contribution in [2.75, 3.05) is 48.3 Å². The number of anilines is 3. The molecule has 2 aliphatic rings. The number of cyclic esters (lactones) is 1. The summed E-state index contributed by atoms with van der Waals surface area (Å²) in [5, 5.41) is 1.82. The average molecular weight is 492 g/mol. The number of ketones is 1. The molecule has 2 aliphatic heterocycles. The fourth-order valence-corrected chi connectivity index (χ4v) is 4.16. The van der Waals surface area contributed by atoms with Crippen molar-refractivity contribution in [3.63, 3.8) is 0 Å². The Morgan fingerprint density at radius 2 is 1.97 bits per heavy atom. The highest BCUT2D eigenvalue weighted by atomic mass is 19.3. The molecular formula is C24H27F3N4O4. The van der Waals surface area contributed by atoms with Crippen LogP contribution in [0.1, 0.15) is 18.4 Å². The third-order valence-electron chi connectivity index (χ3n) is 5.98. The van der Waals surface area contributed by atoms with Crippen LogP contribution in [0, 0.1) is 5.82 Å². The van der Waals surface area contributed by atoms with E-state index in [1.54, 1.807) is 12.1 Å². The Morgan fingerprint density at radius 3 is 2.71 bits per heavy atom. The Kier molecular flexibility index (Phi) is 7.76. The zero-order chi connectivity index (χ0) is 24.9. The van der Waals surface area contributed by atoms with Gasteiger partial charge < -0.3 is 15.4 Å². The first-order valence-electron chi connectivity index (χ1n) is 11.4. The molecule has 188 valence electrons. The maximum atomic E-state index is 15.1. The lowest BCUT2D eigenvalue weighted by atomic mass is 10.1. The minimum absolute atomic E-state index is 0.00810. The number of hydroxylamine groups is 2. The smallest absolute Gasteiger partial charge is 0.414 e. The first-order chi connectivity index (χ1) is 16.8. The second kappa shape index (κ2) is 11.0. The quantitative estimate of drug-likeness (QED) is 0.564. The van der Waals surface area contributed by atoms with Crippen LogP contribution in [-0.4, -0.2) is 62.3 Å². The van der Waals surface area contributed by atoms with E-state index in [4.69, 9.17) is 15.3 Å². The van der Waals surface area contributed by atoms with Gasteiger partial charge in [-0.25, -0.2) is 18.0 Å². The zero-order valence-corrected chi connectivity index (χ0v) is 19.0. The maximum Gasteiger partial charge on any atom is 0.414 e. The van der Waals surface area contributed by atoms with E-state index in [1.165, 1.54) is 11.0 Å². The van der Waals surface area contributed by atoms with Gasteiger partial charge in [0.1, 0.15) is 11.9 Å². The van der Waals surface area contributed by atoms with Crippen molar-refractivity contribution >= 4 is 28.9 Å². The number of carbonyl (C=O) groups is 2. The van der Waals surface area contributed by atoms with Gasteiger partial charge in [0.2, 0.25) is 0 Å². The standard InChI is InChI=1S/C24H27F3N4O4/c25-20-13-18(31-15-19(35-24(31)33)5-7-22(32)23(26)27)4-6-21(20)29-8-9-30(34-11-10-29)14-16-2-1-3-17(28)12-16/h1-4,6,12-13,19,23H,5,7-11,14-15,28H2/t19-/m0/s1. The summed E-state index contributed by atoms with van der Waals surface area (Å²) < 4.78 is 45.0. The number of nitrogens with zero attached hydrogens (tertiary/aromatic N) is 3. The molecule has 4 rings (SSSR count). The molecule has 0 bridgehead atoms. The molecule has 0 unspecified atom stereocenters. The van der Waals surface area contributed by atoms with Gasteiger partial charge in [-0.05, 0) is 42.3 Å². The SMILES string of the molecule is Nc1cccc(CN2CCN(c3ccc(N4C[C@H](CCC(=O)C(F)F)OC4=O)cc3F)CCO2)c1. The van der Waals surface area contributed by atoms with Crippen LogP contribution in [0.15, 0.2) is 42.5 Å². The third kappa shape index (κ3) is 6.23. The predicted octanol–water partition coefficient (Wildman–Crippen LogP) is 3.60. The van der Waals surface area contributed by atoms with Crippen molar-refractivity contribution in [3.8, 4) is 0 Å². The van der Waals surface area contributed by atoms with Crippen LogP contribution in [0.5, 0.6) is 0 Å². The summed E-state index contributed by atoms with van der Waals surface area (Å²) in [4.78, 5) is 32.3. The van der Waals surface area contributed by atoms with Gasteiger partial charge in [0, 0.05) is 38.3 Å². The maximum absolute atomic E-state index is 15.1. The molecule has 0 saturated carbocycles. The highest BCUT2D eigenvalue weighted by molar-refractivity contribution is 5.90. The van der Waals surface area contributed by atoms with Crippen LogP contribution in [-0.2, 0) is 20.9 Å². The molecule has 2 aromatic rings. The van der Waals surface area contributed by atoms with E-state index >= 15 is 4.39 Å². The predicted molar refractivity (Wildman–Crippen MR) is 124 cm³/mol. The zero-order valence-electron chi connectivity index (χ0n) is 19.0. The van der Waals surface area contributed by atoms with Crippen molar-refractivity contribution in [2.45, 2.75) is 31.9 Å². The monoisotopic (exact) mass is 492 g/mol. The summed E-state index contributed by atoms with van der Waals surface area (Å²) in [5.41, 5.74) is 8.22. The van der Waals surface area contributed by atoms with Crippen molar-refractivity contribution in [1.29, 1.82) is 0 Å². The average Bonchev–Trinajstić information content (AvgIpc) is 3.04. The number of halogens is 3. The Labute approximate surface area is 200 Å². The number of ether oxygens (including phenoxy) is 1. The molecule has 11 heteroatoms. The fraction of sp³-hybridized carbons (Fsp3) is 0.417. The molecule has 2 N–H and O–H groups in total. The second-order valence-corrected chi connectivity index (χ2v) is 8.49. The van der Waals surface area contributed by atoms with Gasteiger partial charge in [-0.3, -0.25) is 14.5 Å². The summed E-state index contributed by atoms with van der Waals surface area (Å²) in [6, 6.07) is 12.0. The Balaban J connectivity index is 1.35. The number of alkyl halides is 2. The molecule has 2 saturated heterocycles. The summed E-state index contributed by atoms with van der Waals surface area (Å²) in [5.74, 6) is -1.70. The highest BCUT2D eigenvalue weighted by Gasteiger charge is 2.33. The van der Waals surface area contributed by atoms with Crippen molar-refractivity contribution < 1.29 is 32.3 Å². The molecular weight excluding hydrogens is 465 g/mol. The first kappa shape index (κ1) is 24.8. The van der Waals surface area contributed by atoms with E-state index in [-0.39, 0.29) is 19.4 Å². The van der Waals surface area contributed by atoms with Gasteiger partial charge in [-0.2, -0.15) is 5.06 Å². The normalized spacial score (nSPS) is 19.2. The molecule has 0 radical (unpaired) electrons. The lowest BCUT2D eigenvalue weighted by molar-refractivity contribution is -0.154. The summed E-state index contributed by atoms with van der Waals surface area (Å²) in [6.45, 7) is 2.56. The Morgan fingerprint density at radius 1 is 1.14 bits per heavy atom. The van der Waals surface area contributed by atoms with Gasteiger partial charge in [-0.1, -0.05) is 12.1 Å². The van der Waals surface area contributed by atoms with E-state index in [0.717, 1.165) is 5.56 Å². The third-order valence-corrected chi connectivity index (χ3v) is 5.98. The van der Waals surface area contributed by atoms with Gasteiger partial charge in [-0.15, -0.1) is 0 Å². The van der Waals surface area contributed by atoms with Crippen molar-refractivity contribution in [1.82, 2.24) is 5.06 Å². The van der Waals surface area contributed by atoms with Crippen LogP contribution in [0.2, 0.25) is 0 Å². The second-order valence-electron chi connectivity index (χ2n) is 8.49. The molecule has 0 spiro atoms. The molecule has 2 heterocycles. The highest BCUT2D eigenvalue weighted by Crippen LogP contribution is 2.29. The van der Waals surface area contributed by atoms with E-state index in [2.05, 4.69) is 0 Å². The largest absolute Gasteiger partial charge is 0.444 e. The lowest BCUT2D eigenvalue weighted by Gasteiger charge is -2.24. The number of rotatable bonds is 8. The number of nitrogens with two attached hydrogens (primary N) is 1. The first-order valence-corrected chi connectivity index (χ1v) is 11.4. The molecule has 0 aliphatic carbocycles. The molecule has 2 fully saturated rings. The van der Waals surface area contributed by atoms with E-state index in [0.29, 0.717) is 49.8 Å². The lowest BCUT2D eigenvalue weighted by Crippen LogP contribution is -2.31. The number of nitrogen functional groups attached to an aromatic ring is 1. The minimum atomic E-state index is -3.04. The number of hydrogen-bond donors (Lipinski definition) is 1. The molecule has 35 heavy (non-hydrogen) atoms. The number of hydrogen-bond acceptors (Lipinski definition) is 7. The molecule has 1 amide bonds. The van der Waals surface area contributed by atoms with E-state index in [1.807, 2.05) is 34.2 Å². The summed E-state index contributed by atoms with van der Waals surface area (Å²) in [7, 11) is 0. The van der Waals surface area contributed by atoms with Crippen LogP contribution in [0.3, 0.4) is 0 Å². The topological polar surface area (TPSA) is 88.3 Å². The summed E-state index contributed by atoms with van der Waals surface area (Å²) in [6.07, 6.45) is -4.85. The van der Waals surface area contributed by atoms with Gasteiger partial charge in [0.25, 0.3) is 6.43 Å². The molecule has 2 aromatic carbocycles. The van der Waals surface area contributed by atoms with Crippen LogP contribution in [0.25, 0.3) is 0 Å². The number of carbonyl (C=O) groups excluding carboxylic acids is 2. The molecule has 1 atom stereocenters. The van der Waals surface area contributed by atoms with Gasteiger partial charge in [0.05, 0.1) is 24.5 Å². The summed E-state index contributed by atoms with van der Waals surface area (Å²) >= 11 is 0. The number of benzene rings is 2. The number of amides is 1. The van der Waals surface area contributed by atoms with Crippen molar-refractivity contribution in [2.24, 2.45) is 0 Å². The fourth-order valence-electron chi connectivity index (χ4n) is 4.16.